The Labute approximate surface area is 79.0 Å². The molecule has 0 aliphatic heterocycles. The van der Waals surface area contributed by atoms with Gasteiger partial charge in [-0.15, -0.1) is 0 Å². The average molecular weight is 271 g/mol. The summed E-state index contributed by atoms with van der Waals surface area (Å²) in [6.45, 7) is 4.82. The topological polar surface area (TPSA) is 26.3 Å². The van der Waals surface area contributed by atoms with Gasteiger partial charge in [-0.05, 0) is 0 Å². The number of ether oxygens (including phenoxy) is 1. The molecular weight excluding hydrogens is 255 g/mol. The van der Waals surface area contributed by atoms with E-state index in [1.165, 1.54) is 4.43 Å². The van der Waals surface area contributed by atoms with Crippen LogP contribution in [-0.4, -0.2) is 21.4 Å². The number of carbonyl (C=O) groups is 1. The molecule has 0 saturated heterocycles. The standard InChI is InChI=1S/C8H16IO2/c1-3-5-6-11-8(10)7-9-4-2/h3-7H2,1-2H3/q-1. The SMILES string of the molecule is CCCCOC(=O)C[I-]CC. The summed E-state index contributed by atoms with van der Waals surface area (Å²) in [5, 5.41) is 0. The molecule has 2 nitrogen and oxygen atoms in total. The van der Waals surface area contributed by atoms with Gasteiger partial charge in [-0.2, -0.15) is 0 Å². The van der Waals surface area contributed by atoms with Crippen molar-refractivity contribution in [3.63, 3.8) is 0 Å². The predicted molar refractivity (Wildman–Crippen MR) is 41.3 cm³/mol. The Bertz CT molecular complexity index is 104. The molecule has 3 heteroatoms. The zero-order valence-electron chi connectivity index (χ0n) is 7.23. The molecule has 0 saturated carbocycles. The Morgan fingerprint density at radius 2 is 2.18 bits per heavy atom. The van der Waals surface area contributed by atoms with Crippen molar-refractivity contribution >= 4 is 5.97 Å². The maximum atomic E-state index is 10.9. The number of rotatable bonds is 6. The second kappa shape index (κ2) is 8.30. The molecule has 0 N–H and O–H groups in total. The molecule has 0 aliphatic rings. The Morgan fingerprint density at radius 3 is 2.73 bits per heavy atom. The van der Waals surface area contributed by atoms with E-state index >= 15 is 0 Å². The van der Waals surface area contributed by atoms with Crippen LogP contribution in [0, 0.1) is 0 Å². The van der Waals surface area contributed by atoms with Crippen LogP contribution < -0.4 is 21.2 Å². The Hall–Kier alpha value is 0.200. The molecule has 0 aromatic rings. The van der Waals surface area contributed by atoms with Crippen molar-refractivity contribution in [2.24, 2.45) is 0 Å². The monoisotopic (exact) mass is 271 g/mol. The van der Waals surface area contributed by atoms with Crippen LogP contribution in [0.25, 0.3) is 0 Å². The molecule has 0 heterocycles. The maximum absolute atomic E-state index is 10.9. The Kier molecular flexibility index (Phi) is 8.45. The molecule has 0 amide bonds. The number of unbranched alkanes of at least 4 members (excludes halogenated alkanes) is 1. The van der Waals surface area contributed by atoms with E-state index in [-0.39, 0.29) is 27.2 Å². The number of carbonyl (C=O) groups excluding carboxylic acids is 1. The van der Waals surface area contributed by atoms with Gasteiger partial charge in [0, 0.05) is 0 Å². The van der Waals surface area contributed by atoms with E-state index in [2.05, 4.69) is 13.8 Å². The van der Waals surface area contributed by atoms with Gasteiger partial charge in [-0.1, -0.05) is 0 Å². The molecule has 0 aliphatic carbocycles. The summed E-state index contributed by atoms with van der Waals surface area (Å²) in [6.07, 6.45) is 2.09. The number of halogens is 1. The summed E-state index contributed by atoms with van der Waals surface area (Å²) in [4.78, 5) is 10.9. The van der Waals surface area contributed by atoms with Gasteiger partial charge in [-0.25, -0.2) is 0 Å². The van der Waals surface area contributed by atoms with Crippen LogP contribution in [-0.2, 0) is 9.53 Å². The summed E-state index contributed by atoms with van der Waals surface area (Å²) >= 11 is 0.0909. The zero-order chi connectivity index (χ0) is 8.53. The second-order valence-electron chi connectivity index (χ2n) is 2.16. The van der Waals surface area contributed by atoms with Crippen molar-refractivity contribution in [2.45, 2.75) is 26.7 Å². The summed E-state index contributed by atoms with van der Waals surface area (Å²) in [6, 6.07) is 0. The third kappa shape index (κ3) is 8.10. The molecule has 0 atom stereocenters. The van der Waals surface area contributed by atoms with Gasteiger partial charge in [0.15, 0.2) is 0 Å². The van der Waals surface area contributed by atoms with Gasteiger partial charge in [-0.3, -0.25) is 0 Å². The van der Waals surface area contributed by atoms with Crippen LogP contribution in [0.15, 0.2) is 0 Å². The fourth-order valence-electron chi connectivity index (χ4n) is 0.541. The fourth-order valence-corrected chi connectivity index (χ4v) is 1.74. The van der Waals surface area contributed by atoms with E-state index in [1.807, 2.05) is 0 Å². The summed E-state index contributed by atoms with van der Waals surface area (Å²) < 4.78 is 6.84. The molecule has 68 valence electrons. The molecule has 11 heavy (non-hydrogen) atoms. The molecule has 0 rings (SSSR count). The summed E-state index contributed by atoms with van der Waals surface area (Å²) in [7, 11) is 0. The quantitative estimate of drug-likeness (QED) is 0.253. The van der Waals surface area contributed by atoms with Gasteiger partial charge in [0.05, 0.1) is 0 Å². The first-order valence-electron chi connectivity index (χ1n) is 4.00. The van der Waals surface area contributed by atoms with Crippen molar-refractivity contribution in [3.8, 4) is 0 Å². The Morgan fingerprint density at radius 1 is 1.45 bits per heavy atom. The summed E-state index contributed by atoms with van der Waals surface area (Å²) in [5.74, 6) is 0.00750. The predicted octanol–water partition coefficient (Wildman–Crippen LogP) is -1.56. The normalized spacial score (nSPS) is 10.0. The van der Waals surface area contributed by atoms with Gasteiger partial charge in [0.25, 0.3) is 0 Å². The number of alkyl halides is 2. The molecule has 0 spiro atoms. The molecular formula is C8H16IO2-. The van der Waals surface area contributed by atoms with Gasteiger partial charge >= 0.3 is 78.9 Å². The number of esters is 1. The molecule has 0 aromatic heterocycles. The van der Waals surface area contributed by atoms with E-state index in [9.17, 15) is 4.79 Å². The van der Waals surface area contributed by atoms with Crippen molar-refractivity contribution in [1.82, 2.24) is 0 Å². The van der Waals surface area contributed by atoms with Crippen molar-refractivity contribution in [1.29, 1.82) is 0 Å². The fraction of sp³-hybridized carbons (Fsp3) is 0.875. The second-order valence-corrected chi connectivity index (χ2v) is 5.53. The third-order valence-electron chi connectivity index (χ3n) is 1.15. The summed E-state index contributed by atoms with van der Waals surface area (Å²) in [5.41, 5.74) is 0. The van der Waals surface area contributed by atoms with Crippen LogP contribution in [0.4, 0.5) is 0 Å². The van der Waals surface area contributed by atoms with Crippen LogP contribution >= 0.6 is 0 Å². The Balaban J connectivity index is 3.09. The molecule has 0 unspecified atom stereocenters. The van der Waals surface area contributed by atoms with Crippen LogP contribution in [0.2, 0.25) is 0 Å². The number of hydrogen-bond acceptors (Lipinski definition) is 2. The van der Waals surface area contributed by atoms with Gasteiger partial charge in [0.1, 0.15) is 0 Å². The zero-order valence-corrected chi connectivity index (χ0v) is 9.39. The van der Waals surface area contributed by atoms with Crippen LogP contribution in [0.5, 0.6) is 0 Å². The van der Waals surface area contributed by atoms with Gasteiger partial charge < -0.3 is 0 Å². The first kappa shape index (κ1) is 11.2. The van der Waals surface area contributed by atoms with Crippen molar-refractivity contribution in [3.05, 3.63) is 0 Å². The van der Waals surface area contributed by atoms with E-state index in [4.69, 9.17) is 4.74 Å². The minimum atomic E-state index is 0.00750. The van der Waals surface area contributed by atoms with Gasteiger partial charge in [0.2, 0.25) is 0 Å². The third-order valence-corrected chi connectivity index (χ3v) is 3.39. The van der Waals surface area contributed by atoms with E-state index < -0.39 is 0 Å². The van der Waals surface area contributed by atoms with Crippen LogP contribution in [0.3, 0.4) is 0 Å². The minimum absolute atomic E-state index is 0.00750. The molecule has 0 aromatic carbocycles. The van der Waals surface area contributed by atoms with Crippen molar-refractivity contribution in [2.75, 3.05) is 15.5 Å². The van der Waals surface area contributed by atoms with E-state index in [0.717, 1.165) is 12.8 Å². The molecule has 0 radical (unpaired) electrons. The molecule has 0 bridgehead atoms. The van der Waals surface area contributed by atoms with E-state index in [0.29, 0.717) is 11.0 Å². The van der Waals surface area contributed by atoms with E-state index in [1.54, 1.807) is 0 Å². The first-order valence-corrected chi connectivity index (χ1v) is 7.05. The average Bonchev–Trinajstić information content (AvgIpc) is 2.01. The van der Waals surface area contributed by atoms with Crippen molar-refractivity contribution < 1.29 is 30.7 Å². The number of hydrogen-bond donors (Lipinski definition) is 0. The first-order chi connectivity index (χ1) is 5.31. The molecule has 0 fully saturated rings. The van der Waals surface area contributed by atoms with Crippen LogP contribution in [0.1, 0.15) is 26.7 Å².